The van der Waals surface area contributed by atoms with Crippen LogP contribution in [0.25, 0.3) is 0 Å². The fraction of sp³-hybridized carbons (Fsp3) is 0.846. The van der Waals surface area contributed by atoms with Crippen molar-refractivity contribution in [1.29, 1.82) is 0 Å². The minimum Gasteiger partial charge on any atom is -0.481 e. The third-order valence-electron chi connectivity index (χ3n) is 3.50. The molecule has 1 amide bonds. The van der Waals surface area contributed by atoms with Gasteiger partial charge < -0.3 is 10.0 Å². The second-order valence-electron chi connectivity index (χ2n) is 5.47. The molecule has 3 unspecified atom stereocenters. The van der Waals surface area contributed by atoms with Crippen molar-refractivity contribution in [2.24, 2.45) is 11.8 Å². The molecule has 1 N–H and O–H groups in total. The number of piperidine rings is 1. The van der Waals surface area contributed by atoms with Crippen molar-refractivity contribution in [3.05, 3.63) is 0 Å². The van der Waals surface area contributed by atoms with Crippen molar-refractivity contribution < 1.29 is 14.7 Å². The standard InChI is InChI=1S/C13H23NO3/c1-9-4-5-14(11(3)6-9)12(15)7-10(2)8-13(16)17/h9-11H,4-8H2,1-3H3,(H,16,17). The molecule has 98 valence electrons. The van der Waals surface area contributed by atoms with Crippen LogP contribution < -0.4 is 0 Å². The largest absolute Gasteiger partial charge is 0.481 e. The second kappa shape index (κ2) is 6.03. The van der Waals surface area contributed by atoms with Crippen molar-refractivity contribution in [2.45, 2.75) is 52.5 Å². The summed E-state index contributed by atoms with van der Waals surface area (Å²) in [5, 5.41) is 8.67. The van der Waals surface area contributed by atoms with E-state index in [1.165, 1.54) is 0 Å². The summed E-state index contributed by atoms with van der Waals surface area (Å²) in [5.74, 6) is -0.110. The molecule has 0 aromatic rings. The van der Waals surface area contributed by atoms with Crippen LogP contribution in [0, 0.1) is 11.8 Å². The van der Waals surface area contributed by atoms with Gasteiger partial charge in [0.1, 0.15) is 0 Å². The van der Waals surface area contributed by atoms with Gasteiger partial charge in [-0.15, -0.1) is 0 Å². The average molecular weight is 241 g/mol. The Morgan fingerprint density at radius 1 is 1.35 bits per heavy atom. The molecule has 0 saturated carbocycles. The lowest BCUT2D eigenvalue weighted by atomic mass is 9.92. The summed E-state index contributed by atoms with van der Waals surface area (Å²) in [4.78, 5) is 24.5. The summed E-state index contributed by atoms with van der Waals surface area (Å²) < 4.78 is 0. The highest BCUT2D eigenvalue weighted by atomic mass is 16.4. The predicted molar refractivity (Wildman–Crippen MR) is 65.6 cm³/mol. The Labute approximate surface area is 103 Å². The van der Waals surface area contributed by atoms with Crippen molar-refractivity contribution in [3.63, 3.8) is 0 Å². The quantitative estimate of drug-likeness (QED) is 0.820. The van der Waals surface area contributed by atoms with Crippen molar-refractivity contribution in [1.82, 2.24) is 4.90 Å². The molecule has 3 atom stereocenters. The van der Waals surface area contributed by atoms with Gasteiger partial charge in [0.2, 0.25) is 5.91 Å². The lowest BCUT2D eigenvalue weighted by Crippen LogP contribution is -2.44. The number of carboxylic acids is 1. The Balaban J connectivity index is 2.44. The number of nitrogens with zero attached hydrogens (tertiary/aromatic N) is 1. The van der Waals surface area contributed by atoms with E-state index < -0.39 is 5.97 Å². The van der Waals surface area contributed by atoms with Gasteiger partial charge in [-0.1, -0.05) is 13.8 Å². The summed E-state index contributed by atoms with van der Waals surface area (Å²) in [6.07, 6.45) is 2.54. The number of aliphatic carboxylic acids is 1. The molecule has 1 fully saturated rings. The van der Waals surface area contributed by atoms with Gasteiger partial charge in [-0.3, -0.25) is 9.59 Å². The molecule has 4 heteroatoms. The van der Waals surface area contributed by atoms with Gasteiger partial charge in [-0.25, -0.2) is 0 Å². The Morgan fingerprint density at radius 3 is 2.53 bits per heavy atom. The number of hydrogen-bond donors (Lipinski definition) is 1. The lowest BCUT2D eigenvalue weighted by Gasteiger charge is -2.37. The van der Waals surface area contributed by atoms with Gasteiger partial charge in [0, 0.05) is 25.4 Å². The first kappa shape index (κ1) is 14.0. The summed E-state index contributed by atoms with van der Waals surface area (Å²) in [6.45, 7) is 6.94. The van der Waals surface area contributed by atoms with Crippen molar-refractivity contribution >= 4 is 11.9 Å². The summed E-state index contributed by atoms with van der Waals surface area (Å²) >= 11 is 0. The fourth-order valence-electron chi connectivity index (χ4n) is 2.56. The van der Waals surface area contributed by atoms with Crippen LogP contribution in [0.4, 0.5) is 0 Å². The van der Waals surface area contributed by atoms with E-state index in [0.29, 0.717) is 18.4 Å². The van der Waals surface area contributed by atoms with Gasteiger partial charge in [-0.2, -0.15) is 0 Å². The van der Waals surface area contributed by atoms with E-state index in [4.69, 9.17) is 5.11 Å². The number of rotatable bonds is 4. The SMILES string of the molecule is CC(CC(=O)O)CC(=O)N1CCC(C)CC1C. The molecule has 0 aromatic carbocycles. The molecule has 1 rings (SSSR count). The number of hydrogen-bond acceptors (Lipinski definition) is 2. The normalized spacial score (nSPS) is 26.6. The molecule has 17 heavy (non-hydrogen) atoms. The van der Waals surface area contributed by atoms with E-state index in [0.717, 1.165) is 19.4 Å². The van der Waals surface area contributed by atoms with Crippen molar-refractivity contribution in [2.75, 3.05) is 6.54 Å². The highest BCUT2D eigenvalue weighted by Crippen LogP contribution is 2.23. The first-order valence-electron chi connectivity index (χ1n) is 6.41. The van der Waals surface area contributed by atoms with Crippen LogP contribution in [-0.2, 0) is 9.59 Å². The zero-order valence-electron chi connectivity index (χ0n) is 11.0. The molecule has 1 heterocycles. The number of carboxylic acid groups (broad SMARTS) is 1. The minimum absolute atomic E-state index is 0.0738. The van der Waals surface area contributed by atoms with E-state index in [9.17, 15) is 9.59 Å². The Morgan fingerprint density at radius 2 is 2.00 bits per heavy atom. The number of carbonyl (C=O) groups is 2. The third kappa shape index (κ3) is 4.36. The molecular formula is C13H23NO3. The van der Waals surface area contributed by atoms with Gasteiger partial charge in [0.05, 0.1) is 0 Å². The Kier molecular flexibility index (Phi) is 4.97. The van der Waals surface area contributed by atoms with Crippen LogP contribution in [-0.4, -0.2) is 34.5 Å². The molecule has 1 aliphatic rings. The Bertz CT molecular complexity index is 290. The van der Waals surface area contributed by atoms with Crippen LogP contribution in [0.1, 0.15) is 46.5 Å². The van der Waals surface area contributed by atoms with E-state index >= 15 is 0 Å². The molecule has 1 aliphatic heterocycles. The summed E-state index contributed by atoms with van der Waals surface area (Å²) in [5.41, 5.74) is 0. The fourth-order valence-corrected chi connectivity index (χ4v) is 2.56. The molecule has 1 saturated heterocycles. The molecule has 0 radical (unpaired) electrons. The predicted octanol–water partition coefficient (Wildman–Crippen LogP) is 2.13. The van der Waals surface area contributed by atoms with Gasteiger partial charge in [0.15, 0.2) is 0 Å². The van der Waals surface area contributed by atoms with Crippen LogP contribution in [0.15, 0.2) is 0 Å². The van der Waals surface area contributed by atoms with Gasteiger partial charge in [-0.05, 0) is 31.6 Å². The van der Waals surface area contributed by atoms with Gasteiger partial charge >= 0.3 is 5.97 Å². The van der Waals surface area contributed by atoms with Crippen molar-refractivity contribution in [3.8, 4) is 0 Å². The van der Waals surface area contributed by atoms with E-state index in [1.54, 1.807) is 0 Å². The summed E-state index contributed by atoms with van der Waals surface area (Å²) in [7, 11) is 0. The van der Waals surface area contributed by atoms with E-state index in [1.807, 2.05) is 11.8 Å². The highest BCUT2D eigenvalue weighted by molar-refractivity contribution is 5.77. The number of likely N-dealkylation sites (tertiary alicyclic amines) is 1. The van der Waals surface area contributed by atoms with E-state index in [2.05, 4.69) is 13.8 Å². The van der Waals surface area contributed by atoms with Crippen LogP contribution in [0.5, 0.6) is 0 Å². The topological polar surface area (TPSA) is 57.6 Å². The molecule has 4 nitrogen and oxygen atoms in total. The van der Waals surface area contributed by atoms with Crippen LogP contribution in [0.2, 0.25) is 0 Å². The third-order valence-corrected chi connectivity index (χ3v) is 3.50. The highest BCUT2D eigenvalue weighted by Gasteiger charge is 2.27. The molecule has 0 aromatic heterocycles. The molecule has 0 spiro atoms. The molecule has 0 bridgehead atoms. The first-order valence-corrected chi connectivity index (χ1v) is 6.41. The smallest absolute Gasteiger partial charge is 0.303 e. The lowest BCUT2D eigenvalue weighted by molar-refractivity contribution is -0.139. The maximum absolute atomic E-state index is 12.0. The maximum Gasteiger partial charge on any atom is 0.303 e. The van der Waals surface area contributed by atoms with Gasteiger partial charge in [0.25, 0.3) is 0 Å². The zero-order chi connectivity index (χ0) is 13.0. The molecular weight excluding hydrogens is 218 g/mol. The zero-order valence-corrected chi connectivity index (χ0v) is 11.0. The first-order chi connectivity index (χ1) is 7.90. The average Bonchev–Trinajstić information content (AvgIpc) is 2.15. The maximum atomic E-state index is 12.0. The number of carbonyl (C=O) groups excluding carboxylic acids is 1. The second-order valence-corrected chi connectivity index (χ2v) is 5.47. The number of amides is 1. The van der Waals surface area contributed by atoms with Crippen LogP contribution in [0.3, 0.4) is 0 Å². The monoisotopic (exact) mass is 241 g/mol. The minimum atomic E-state index is -0.828. The van der Waals surface area contributed by atoms with E-state index in [-0.39, 0.29) is 18.2 Å². The Hall–Kier alpha value is -1.06. The van der Waals surface area contributed by atoms with Crippen LogP contribution >= 0.6 is 0 Å². The molecule has 0 aliphatic carbocycles. The summed E-state index contributed by atoms with van der Waals surface area (Å²) in [6, 6.07) is 0.295.